The summed E-state index contributed by atoms with van der Waals surface area (Å²) in [5, 5.41) is 0. The van der Waals surface area contributed by atoms with E-state index in [1.165, 1.54) is 44.9 Å². The van der Waals surface area contributed by atoms with E-state index in [2.05, 4.69) is 12.4 Å². The minimum absolute atomic E-state index is 0.231. The molecule has 0 fully saturated rings. The van der Waals surface area contributed by atoms with Crippen molar-refractivity contribution >= 4 is 11.9 Å². The van der Waals surface area contributed by atoms with E-state index in [0.717, 1.165) is 24.8 Å². The second kappa shape index (κ2) is 13.5. The zero-order valence-corrected chi connectivity index (χ0v) is 15.8. The number of benzene rings is 1. The van der Waals surface area contributed by atoms with Crippen molar-refractivity contribution in [2.24, 2.45) is 0 Å². The fourth-order valence-electron chi connectivity index (χ4n) is 2.83. The number of carbonyl (C=O) groups is 2. The highest BCUT2D eigenvalue weighted by Gasteiger charge is 2.12. The van der Waals surface area contributed by atoms with Crippen LogP contribution in [0.25, 0.3) is 0 Å². The third-order valence-corrected chi connectivity index (χ3v) is 4.38. The van der Waals surface area contributed by atoms with Gasteiger partial charge in [-0.1, -0.05) is 83.4 Å². The number of nitrogens with one attached hydrogen (secondary N) is 1. The van der Waals surface area contributed by atoms with Crippen molar-refractivity contribution in [2.45, 2.75) is 84.5 Å². The third kappa shape index (κ3) is 9.28. The van der Waals surface area contributed by atoms with Crippen molar-refractivity contribution in [2.75, 3.05) is 0 Å². The van der Waals surface area contributed by atoms with E-state index in [1.54, 1.807) is 12.1 Å². The minimum Gasteiger partial charge on any atom is -0.335 e. The Kier molecular flexibility index (Phi) is 11.4. The Morgan fingerprint density at radius 2 is 1.48 bits per heavy atom. The largest absolute Gasteiger partial charge is 0.363 e. The molecule has 4 heteroatoms. The van der Waals surface area contributed by atoms with Gasteiger partial charge in [-0.3, -0.25) is 4.79 Å². The van der Waals surface area contributed by atoms with Gasteiger partial charge in [0.25, 0.3) is 5.91 Å². The van der Waals surface area contributed by atoms with Gasteiger partial charge in [-0.05, 0) is 24.5 Å². The van der Waals surface area contributed by atoms with Gasteiger partial charge in [0.2, 0.25) is 0 Å². The van der Waals surface area contributed by atoms with Crippen LogP contribution in [0.5, 0.6) is 0 Å². The Morgan fingerprint density at radius 3 is 2.12 bits per heavy atom. The molecular formula is C21H33NO3. The molecule has 0 aliphatic carbocycles. The standard InChI is InChI=1S/C21H33NO3/c1-3-5-6-7-8-9-10-11-12-17-20(23)22-25-21(24)19-16-14-13-15-18(19)4-2/h13-16H,3-12,17H2,1-2H3,(H,22,23). The number of carbonyl (C=O) groups excluding carboxylic acids is 2. The van der Waals surface area contributed by atoms with Crippen LogP contribution in [0.4, 0.5) is 0 Å². The van der Waals surface area contributed by atoms with Gasteiger partial charge in [-0.2, -0.15) is 5.48 Å². The average Bonchev–Trinajstić information content (AvgIpc) is 2.64. The summed E-state index contributed by atoms with van der Waals surface area (Å²) >= 11 is 0. The maximum atomic E-state index is 12.0. The zero-order chi connectivity index (χ0) is 18.3. The van der Waals surface area contributed by atoms with Crippen molar-refractivity contribution in [3.63, 3.8) is 0 Å². The Labute approximate surface area is 152 Å². The van der Waals surface area contributed by atoms with Crippen LogP contribution in [0, 0.1) is 0 Å². The maximum Gasteiger partial charge on any atom is 0.363 e. The summed E-state index contributed by atoms with van der Waals surface area (Å²) in [5.41, 5.74) is 3.69. The Balaban J connectivity index is 2.10. The molecule has 25 heavy (non-hydrogen) atoms. The fraction of sp³-hybridized carbons (Fsp3) is 0.619. The SMILES string of the molecule is CCCCCCCCCCCC(=O)NOC(=O)c1ccccc1CC. The molecule has 0 aliphatic rings. The van der Waals surface area contributed by atoms with Crippen molar-refractivity contribution in [1.82, 2.24) is 5.48 Å². The lowest BCUT2D eigenvalue weighted by Gasteiger charge is -2.08. The molecule has 1 aromatic carbocycles. The number of rotatable bonds is 12. The predicted octanol–water partition coefficient (Wildman–Crippen LogP) is 5.36. The Hall–Kier alpha value is -1.84. The highest BCUT2D eigenvalue weighted by molar-refractivity contribution is 5.91. The van der Waals surface area contributed by atoms with Crippen molar-refractivity contribution in [3.8, 4) is 0 Å². The molecule has 0 heterocycles. The molecule has 0 aliphatic heterocycles. The van der Waals surface area contributed by atoms with Gasteiger partial charge in [0.15, 0.2) is 0 Å². The van der Waals surface area contributed by atoms with Crippen LogP contribution in [0.15, 0.2) is 24.3 Å². The quantitative estimate of drug-likeness (QED) is 0.409. The lowest BCUT2D eigenvalue weighted by molar-refractivity contribution is -0.130. The van der Waals surface area contributed by atoms with Gasteiger partial charge < -0.3 is 4.84 Å². The second-order valence-corrected chi connectivity index (χ2v) is 6.50. The van der Waals surface area contributed by atoms with Crippen LogP contribution in [0.3, 0.4) is 0 Å². The summed E-state index contributed by atoms with van der Waals surface area (Å²) in [7, 11) is 0. The molecule has 1 amide bonds. The van der Waals surface area contributed by atoms with E-state index in [0.29, 0.717) is 12.0 Å². The minimum atomic E-state index is -0.502. The third-order valence-electron chi connectivity index (χ3n) is 4.38. The molecule has 0 saturated carbocycles. The van der Waals surface area contributed by atoms with Gasteiger partial charge >= 0.3 is 5.97 Å². The number of aryl methyl sites for hydroxylation is 1. The van der Waals surface area contributed by atoms with Crippen LogP contribution in [0.2, 0.25) is 0 Å². The summed E-state index contributed by atoms with van der Waals surface area (Å²) in [4.78, 5) is 28.7. The molecule has 1 rings (SSSR count). The fourth-order valence-corrected chi connectivity index (χ4v) is 2.83. The first-order valence-corrected chi connectivity index (χ1v) is 9.77. The smallest absolute Gasteiger partial charge is 0.335 e. The number of hydroxylamine groups is 1. The van der Waals surface area contributed by atoms with E-state index >= 15 is 0 Å². The van der Waals surface area contributed by atoms with Crippen molar-refractivity contribution in [1.29, 1.82) is 0 Å². The van der Waals surface area contributed by atoms with E-state index < -0.39 is 5.97 Å². The average molecular weight is 347 g/mol. The van der Waals surface area contributed by atoms with Crippen LogP contribution >= 0.6 is 0 Å². The van der Waals surface area contributed by atoms with Crippen LogP contribution in [-0.2, 0) is 16.1 Å². The van der Waals surface area contributed by atoms with Gasteiger partial charge in [-0.15, -0.1) is 0 Å². The summed E-state index contributed by atoms with van der Waals surface area (Å²) < 4.78 is 0. The first-order valence-electron chi connectivity index (χ1n) is 9.77. The molecule has 0 saturated heterocycles. The lowest BCUT2D eigenvalue weighted by atomic mass is 10.1. The normalized spacial score (nSPS) is 10.5. The van der Waals surface area contributed by atoms with Crippen molar-refractivity contribution in [3.05, 3.63) is 35.4 Å². The highest BCUT2D eigenvalue weighted by atomic mass is 16.7. The second-order valence-electron chi connectivity index (χ2n) is 6.50. The number of amides is 1. The topological polar surface area (TPSA) is 55.4 Å². The summed E-state index contributed by atoms with van der Waals surface area (Å²) in [5.74, 6) is -0.733. The van der Waals surface area contributed by atoms with E-state index in [1.807, 2.05) is 19.1 Å². The number of hydrogen-bond acceptors (Lipinski definition) is 3. The zero-order valence-electron chi connectivity index (χ0n) is 15.8. The predicted molar refractivity (Wildman–Crippen MR) is 101 cm³/mol. The van der Waals surface area contributed by atoms with Gasteiger partial charge in [-0.25, -0.2) is 4.79 Å². The molecule has 0 unspecified atom stereocenters. The molecule has 1 aromatic rings. The van der Waals surface area contributed by atoms with E-state index in [-0.39, 0.29) is 5.91 Å². The Morgan fingerprint density at radius 1 is 0.880 bits per heavy atom. The first kappa shape index (κ1) is 21.2. The number of hydrogen-bond donors (Lipinski definition) is 1. The van der Waals surface area contributed by atoms with Gasteiger partial charge in [0.05, 0.1) is 5.56 Å². The molecule has 140 valence electrons. The first-order chi connectivity index (χ1) is 12.2. The summed E-state index contributed by atoms with van der Waals surface area (Å²) in [6.45, 7) is 4.21. The molecule has 0 spiro atoms. The number of unbranched alkanes of at least 4 members (excludes halogenated alkanes) is 8. The van der Waals surface area contributed by atoms with E-state index in [9.17, 15) is 9.59 Å². The van der Waals surface area contributed by atoms with Gasteiger partial charge in [0.1, 0.15) is 0 Å². The molecule has 0 atom stereocenters. The lowest BCUT2D eigenvalue weighted by Crippen LogP contribution is -2.27. The molecule has 1 N–H and O–H groups in total. The van der Waals surface area contributed by atoms with E-state index in [4.69, 9.17) is 4.84 Å². The van der Waals surface area contributed by atoms with Gasteiger partial charge in [0, 0.05) is 6.42 Å². The summed E-state index contributed by atoms with van der Waals surface area (Å²) in [6.07, 6.45) is 12.0. The molecule has 0 bridgehead atoms. The molecule has 4 nitrogen and oxygen atoms in total. The maximum absolute atomic E-state index is 12.0. The highest BCUT2D eigenvalue weighted by Crippen LogP contribution is 2.11. The van der Waals surface area contributed by atoms with Crippen LogP contribution in [-0.4, -0.2) is 11.9 Å². The summed E-state index contributed by atoms with van der Waals surface area (Å²) in [6, 6.07) is 7.28. The molecular weight excluding hydrogens is 314 g/mol. The Bertz CT molecular complexity index is 514. The monoisotopic (exact) mass is 347 g/mol. The van der Waals surface area contributed by atoms with Crippen molar-refractivity contribution < 1.29 is 14.4 Å². The molecule has 0 radical (unpaired) electrons. The van der Waals surface area contributed by atoms with Crippen LogP contribution < -0.4 is 5.48 Å². The van der Waals surface area contributed by atoms with Crippen LogP contribution in [0.1, 0.15) is 94.0 Å². The molecule has 0 aromatic heterocycles.